The van der Waals surface area contributed by atoms with Crippen LogP contribution in [0.5, 0.6) is 11.5 Å². The van der Waals surface area contributed by atoms with Crippen molar-refractivity contribution in [1.29, 1.82) is 0 Å². The van der Waals surface area contributed by atoms with E-state index in [-0.39, 0.29) is 36.1 Å². The lowest BCUT2D eigenvalue weighted by Crippen LogP contribution is -2.07. The van der Waals surface area contributed by atoms with Crippen molar-refractivity contribution in [2.75, 3.05) is 0 Å². The van der Waals surface area contributed by atoms with Crippen LogP contribution in [0.25, 0.3) is 11.0 Å². The molecule has 0 aliphatic heterocycles. The Morgan fingerprint density at radius 3 is 2.38 bits per heavy atom. The van der Waals surface area contributed by atoms with Gasteiger partial charge in [0.2, 0.25) is 0 Å². The summed E-state index contributed by atoms with van der Waals surface area (Å²) in [5.74, 6) is 0.0464. The molecule has 3 aromatic rings. The molecule has 0 amide bonds. The molecule has 0 aliphatic carbocycles. The highest BCUT2D eigenvalue weighted by Crippen LogP contribution is 2.36. The maximum absolute atomic E-state index is 13.4. The number of hydrogen-bond acceptors (Lipinski definition) is 6. The van der Waals surface area contributed by atoms with E-state index in [4.69, 9.17) is 9.15 Å². The number of halogens is 2. The average Bonchev–Trinajstić information content (AvgIpc) is 3.11. The Hall–Kier alpha value is -2.45. The van der Waals surface area contributed by atoms with Gasteiger partial charge in [-0.2, -0.15) is 0 Å². The summed E-state index contributed by atoms with van der Waals surface area (Å²) in [6, 6.07) is 7.93. The van der Waals surface area contributed by atoms with Gasteiger partial charge in [0.1, 0.15) is 28.6 Å². The lowest BCUT2D eigenvalue weighted by molar-refractivity contribution is -0.134. The molecular formula is C24H22Br2O6. The van der Waals surface area contributed by atoms with Gasteiger partial charge in [-0.1, -0.05) is 13.3 Å². The summed E-state index contributed by atoms with van der Waals surface area (Å²) in [6.45, 7) is 3.47. The third-order valence-electron chi connectivity index (χ3n) is 4.91. The van der Waals surface area contributed by atoms with Gasteiger partial charge in [0.25, 0.3) is 0 Å². The van der Waals surface area contributed by atoms with Gasteiger partial charge in [-0.3, -0.25) is 9.59 Å². The number of phenolic OH excluding ortho intramolecular Hbond substituents is 1. The van der Waals surface area contributed by atoms with Gasteiger partial charge in [-0.05, 0) is 69.5 Å². The molecule has 0 fully saturated rings. The first-order valence-corrected chi connectivity index (χ1v) is 11.8. The van der Waals surface area contributed by atoms with E-state index in [9.17, 15) is 19.5 Å². The monoisotopic (exact) mass is 564 g/mol. The topological polar surface area (TPSA) is 93.8 Å². The van der Waals surface area contributed by atoms with Crippen molar-refractivity contribution in [3.05, 3.63) is 56.2 Å². The van der Waals surface area contributed by atoms with Gasteiger partial charge < -0.3 is 19.1 Å². The minimum Gasteiger partial charge on any atom is -0.506 e. The van der Waals surface area contributed by atoms with Crippen LogP contribution in [0.4, 0.5) is 0 Å². The van der Waals surface area contributed by atoms with Crippen molar-refractivity contribution < 1.29 is 28.6 Å². The molecule has 0 atom stereocenters. The number of esters is 1. The lowest BCUT2D eigenvalue weighted by atomic mass is 9.98. The van der Waals surface area contributed by atoms with Crippen molar-refractivity contribution in [2.24, 2.45) is 0 Å². The van der Waals surface area contributed by atoms with E-state index in [1.807, 2.05) is 6.92 Å². The van der Waals surface area contributed by atoms with Crippen LogP contribution >= 0.6 is 31.9 Å². The SMILES string of the molecule is CCCCC(=O)Oc1ccc2c(C(=O)c3cc(Br)c(O)c(Br)c3)c(CCC(C)=O)oc2c1. The zero-order valence-electron chi connectivity index (χ0n) is 17.7. The minimum absolute atomic E-state index is 0.00932. The number of benzene rings is 2. The molecule has 1 heterocycles. The Labute approximate surface area is 202 Å². The molecule has 0 unspecified atom stereocenters. The molecule has 0 spiro atoms. The molecule has 0 bridgehead atoms. The van der Waals surface area contributed by atoms with Crippen molar-refractivity contribution in [2.45, 2.75) is 46.0 Å². The summed E-state index contributed by atoms with van der Waals surface area (Å²) in [5, 5.41) is 10.5. The standard InChI is InChI=1S/C24H22Br2O6/c1-3-4-5-21(28)31-15-7-8-16-20(12-15)32-19(9-6-13(2)27)22(16)23(29)14-10-17(25)24(30)18(26)11-14/h7-8,10-12,30H,3-6,9H2,1-2H3. The molecule has 3 rings (SSSR count). The lowest BCUT2D eigenvalue weighted by Gasteiger charge is -2.07. The highest BCUT2D eigenvalue weighted by atomic mass is 79.9. The van der Waals surface area contributed by atoms with E-state index < -0.39 is 0 Å². The van der Waals surface area contributed by atoms with Crippen LogP contribution in [0.1, 0.15) is 61.2 Å². The minimum atomic E-state index is -0.329. The van der Waals surface area contributed by atoms with E-state index in [2.05, 4.69) is 31.9 Å². The van der Waals surface area contributed by atoms with Crippen molar-refractivity contribution in [1.82, 2.24) is 0 Å². The second-order valence-electron chi connectivity index (χ2n) is 7.46. The zero-order valence-corrected chi connectivity index (χ0v) is 20.8. The Kier molecular flexibility index (Phi) is 7.90. The smallest absolute Gasteiger partial charge is 0.311 e. The van der Waals surface area contributed by atoms with Crippen LogP contribution in [-0.4, -0.2) is 22.6 Å². The molecule has 0 saturated heterocycles. The highest BCUT2D eigenvalue weighted by molar-refractivity contribution is 9.11. The number of aryl methyl sites for hydroxylation is 1. The molecule has 1 N–H and O–H groups in total. The summed E-state index contributed by atoms with van der Waals surface area (Å²) < 4.78 is 12.1. The van der Waals surface area contributed by atoms with E-state index in [0.29, 0.717) is 49.0 Å². The number of phenols is 1. The first-order chi connectivity index (χ1) is 15.2. The maximum Gasteiger partial charge on any atom is 0.311 e. The summed E-state index contributed by atoms with van der Waals surface area (Å²) in [7, 11) is 0. The first-order valence-electron chi connectivity index (χ1n) is 10.2. The molecule has 0 aliphatic rings. The van der Waals surface area contributed by atoms with E-state index in [1.165, 1.54) is 19.1 Å². The number of carbonyl (C=O) groups excluding carboxylic acids is 3. The van der Waals surface area contributed by atoms with Crippen molar-refractivity contribution in [3.8, 4) is 11.5 Å². The zero-order chi connectivity index (χ0) is 23.4. The molecule has 0 radical (unpaired) electrons. The summed E-state index contributed by atoms with van der Waals surface area (Å²) >= 11 is 6.50. The van der Waals surface area contributed by atoms with Crippen molar-refractivity contribution in [3.63, 3.8) is 0 Å². The van der Waals surface area contributed by atoms with Crippen LogP contribution in [0.3, 0.4) is 0 Å². The fraction of sp³-hybridized carbons (Fsp3) is 0.292. The molecule has 32 heavy (non-hydrogen) atoms. The number of aromatic hydroxyl groups is 1. The van der Waals surface area contributed by atoms with E-state index >= 15 is 0 Å². The van der Waals surface area contributed by atoms with Crippen molar-refractivity contribution >= 4 is 60.4 Å². The fourth-order valence-electron chi connectivity index (χ4n) is 3.25. The quantitative estimate of drug-likeness (QED) is 0.180. The van der Waals surface area contributed by atoms with Gasteiger partial charge in [0.05, 0.1) is 14.5 Å². The summed E-state index contributed by atoms with van der Waals surface area (Å²) in [6.07, 6.45) is 2.44. The molecule has 2 aromatic carbocycles. The number of hydrogen-bond donors (Lipinski definition) is 1. The fourth-order valence-corrected chi connectivity index (χ4v) is 4.44. The number of ketones is 2. The van der Waals surface area contributed by atoms with Gasteiger partial charge in [-0.15, -0.1) is 0 Å². The van der Waals surface area contributed by atoms with Gasteiger partial charge in [0.15, 0.2) is 5.78 Å². The van der Waals surface area contributed by atoms with Crippen LogP contribution in [0.2, 0.25) is 0 Å². The molecular weight excluding hydrogens is 544 g/mol. The predicted octanol–water partition coefficient (Wildman–Crippen LogP) is 6.51. The van der Waals surface area contributed by atoms with E-state index in [0.717, 1.165) is 12.8 Å². The largest absolute Gasteiger partial charge is 0.506 e. The van der Waals surface area contributed by atoms with E-state index in [1.54, 1.807) is 18.2 Å². The predicted molar refractivity (Wildman–Crippen MR) is 127 cm³/mol. The molecule has 8 heteroatoms. The number of Topliss-reactive ketones (excluding diaryl/α,β-unsaturated/α-hetero) is 1. The number of ether oxygens (including phenoxy) is 1. The highest BCUT2D eigenvalue weighted by Gasteiger charge is 2.24. The average molecular weight is 566 g/mol. The van der Waals surface area contributed by atoms with Crippen LogP contribution in [0.15, 0.2) is 43.7 Å². The number of fused-ring (bicyclic) bond motifs is 1. The Morgan fingerprint density at radius 2 is 1.75 bits per heavy atom. The second kappa shape index (κ2) is 10.4. The van der Waals surface area contributed by atoms with Crippen LogP contribution < -0.4 is 4.74 Å². The third kappa shape index (κ3) is 5.48. The number of unbranched alkanes of at least 4 members (excludes halogenated alkanes) is 1. The van der Waals surface area contributed by atoms with Gasteiger partial charge in [0, 0.05) is 36.3 Å². The normalized spacial score (nSPS) is 11.0. The van der Waals surface area contributed by atoms with Crippen LogP contribution in [-0.2, 0) is 16.0 Å². The Morgan fingerprint density at radius 1 is 1.06 bits per heavy atom. The summed E-state index contributed by atoms with van der Waals surface area (Å²) in [5.41, 5.74) is 1.07. The third-order valence-corrected chi connectivity index (χ3v) is 6.12. The summed E-state index contributed by atoms with van der Waals surface area (Å²) in [4.78, 5) is 36.9. The number of furan rings is 1. The van der Waals surface area contributed by atoms with Crippen LogP contribution in [0, 0.1) is 0 Å². The molecule has 1 aromatic heterocycles. The first kappa shape index (κ1) is 24.2. The van der Waals surface area contributed by atoms with Gasteiger partial charge >= 0.3 is 5.97 Å². The Balaban J connectivity index is 2.04. The molecule has 168 valence electrons. The van der Waals surface area contributed by atoms with Gasteiger partial charge in [-0.25, -0.2) is 0 Å². The number of rotatable bonds is 9. The number of carbonyl (C=O) groups is 3. The Bertz CT molecular complexity index is 1170. The second-order valence-corrected chi connectivity index (χ2v) is 9.16. The molecule has 6 nitrogen and oxygen atoms in total. The molecule has 0 saturated carbocycles. The maximum atomic E-state index is 13.4.